The van der Waals surface area contributed by atoms with Gasteiger partial charge in [0.25, 0.3) is 0 Å². The number of methoxy groups -OCH3 is 2. The number of allylic oxidation sites excluding steroid dienone is 1. The summed E-state index contributed by atoms with van der Waals surface area (Å²) in [6.07, 6.45) is 3.22. The van der Waals surface area contributed by atoms with Gasteiger partial charge in [0.1, 0.15) is 12.4 Å². The molecule has 1 aromatic carbocycles. The molecule has 21 heavy (non-hydrogen) atoms. The Kier molecular flexibility index (Phi) is 9.53. The molecule has 0 aliphatic carbocycles. The molecule has 0 saturated carbocycles. The van der Waals surface area contributed by atoms with Crippen LogP contribution in [0.3, 0.4) is 0 Å². The predicted molar refractivity (Wildman–Crippen MR) is 86.8 cm³/mol. The van der Waals surface area contributed by atoms with Crippen molar-refractivity contribution in [1.82, 2.24) is 5.32 Å². The normalized spacial score (nSPS) is 11.7. The first-order valence-corrected chi connectivity index (χ1v) is 7.37. The second kappa shape index (κ2) is 11.3. The molecule has 0 heterocycles. The molecule has 0 saturated heterocycles. The Hall–Kier alpha value is -1.36. The monoisotopic (exact) mass is 293 g/mol. The van der Waals surface area contributed by atoms with Crippen LogP contribution in [0.15, 0.2) is 30.3 Å². The molecular weight excluding hydrogens is 266 g/mol. The highest BCUT2D eigenvalue weighted by Gasteiger charge is 2.04. The fraction of sp³-hybridized carbons (Fsp3) is 0.529. The number of ether oxygens (including phenoxy) is 3. The molecule has 1 N–H and O–H groups in total. The molecule has 0 fully saturated rings. The zero-order chi connectivity index (χ0) is 15.3. The van der Waals surface area contributed by atoms with Crippen LogP contribution in [0.25, 0.3) is 5.57 Å². The zero-order valence-electron chi connectivity index (χ0n) is 13.4. The van der Waals surface area contributed by atoms with Crippen LogP contribution in [0.5, 0.6) is 5.75 Å². The largest absolute Gasteiger partial charge is 0.491 e. The molecule has 4 nitrogen and oxygen atoms in total. The van der Waals surface area contributed by atoms with Gasteiger partial charge in [-0.3, -0.25) is 0 Å². The summed E-state index contributed by atoms with van der Waals surface area (Å²) >= 11 is 0. The highest BCUT2D eigenvalue weighted by Crippen LogP contribution is 2.25. The van der Waals surface area contributed by atoms with Gasteiger partial charge < -0.3 is 19.5 Å². The van der Waals surface area contributed by atoms with Crippen LogP contribution in [0.2, 0.25) is 0 Å². The molecule has 0 aliphatic rings. The SMILES string of the molecule is COCCNCC/C=C(/C)c1ccccc1OCCOC. The fourth-order valence-electron chi connectivity index (χ4n) is 1.95. The Labute approximate surface area is 128 Å². The van der Waals surface area contributed by atoms with Crippen molar-refractivity contribution < 1.29 is 14.2 Å². The summed E-state index contributed by atoms with van der Waals surface area (Å²) in [5, 5.41) is 3.33. The Morgan fingerprint density at radius 1 is 1.05 bits per heavy atom. The van der Waals surface area contributed by atoms with Crippen molar-refractivity contribution in [2.75, 3.05) is 47.1 Å². The van der Waals surface area contributed by atoms with E-state index in [4.69, 9.17) is 14.2 Å². The number of hydrogen-bond donors (Lipinski definition) is 1. The standard InChI is InChI=1S/C17H27NO3/c1-15(7-6-10-18-11-12-19-2)16-8-4-5-9-17(16)21-14-13-20-3/h4-5,7-9,18H,6,10-14H2,1-3H3/b15-7-. The Morgan fingerprint density at radius 2 is 1.81 bits per heavy atom. The van der Waals surface area contributed by atoms with E-state index < -0.39 is 0 Å². The topological polar surface area (TPSA) is 39.7 Å². The lowest BCUT2D eigenvalue weighted by Gasteiger charge is -2.11. The lowest BCUT2D eigenvalue weighted by Crippen LogP contribution is -2.19. The molecule has 0 aliphatic heterocycles. The molecule has 0 radical (unpaired) electrons. The molecule has 0 spiro atoms. The molecule has 0 amide bonds. The minimum atomic E-state index is 0.569. The van der Waals surface area contributed by atoms with E-state index in [1.54, 1.807) is 14.2 Å². The van der Waals surface area contributed by atoms with Gasteiger partial charge in [0, 0.05) is 26.3 Å². The van der Waals surface area contributed by atoms with Gasteiger partial charge in [0.15, 0.2) is 0 Å². The van der Waals surface area contributed by atoms with E-state index >= 15 is 0 Å². The highest BCUT2D eigenvalue weighted by atomic mass is 16.5. The van der Waals surface area contributed by atoms with E-state index in [1.165, 1.54) is 5.57 Å². The summed E-state index contributed by atoms with van der Waals surface area (Å²) < 4.78 is 15.8. The Morgan fingerprint density at radius 3 is 2.57 bits per heavy atom. The number of nitrogens with one attached hydrogen (secondary N) is 1. The highest BCUT2D eigenvalue weighted by molar-refractivity contribution is 5.68. The van der Waals surface area contributed by atoms with Gasteiger partial charge in [0.05, 0.1) is 13.2 Å². The predicted octanol–water partition coefficient (Wildman–Crippen LogP) is 2.74. The summed E-state index contributed by atoms with van der Waals surface area (Å²) in [6.45, 7) is 5.87. The van der Waals surface area contributed by atoms with E-state index in [9.17, 15) is 0 Å². The van der Waals surface area contributed by atoms with Gasteiger partial charge in [-0.1, -0.05) is 24.3 Å². The van der Waals surface area contributed by atoms with E-state index in [1.807, 2.05) is 18.2 Å². The molecule has 1 aromatic rings. The van der Waals surface area contributed by atoms with Gasteiger partial charge in [0.2, 0.25) is 0 Å². The van der Waals surface area contributed by atoms with Gasteiger partial charge in [-0.05, 0) is 31.5 Å². The van der Waals surface area contributed by atoms with Crippen molar-refractivity contribution in [2.45, 2.75) is 13.3 Å². The molecule has 1 rings (SSSR count). The molecule has 0 bridgehead atoms. The maximum atomic E-state index is 5.76. The summed E-state index contributed by atoms with van der Waals surface area (Å²) in [6, 6.07) is 8.11. The fourth-order valence-corrected chi connectivity index (χ4v) is 1.95. The summed E-state index contributed by atoms with van der Waals surface area (Å²) in [7, 11) is 3.39. The Bertz CT molecular complexity index is 418. The van der Waals surface area contributed by atoms with Crippen LogP contribution in [0.4, 0.5) is 0 Å². The number of para-hydroxylation sites is 1. The number of benzene rings is 1. The first kappa shape index (κ1) is 17.7. The van der Waals surface area contributed by atoms with E-state index in [0.717, 1.165) is 37.4 Å². The second-order valence-corrected chi connectivity index (χ2v) is 4.76. The first-order chi connectivity index (χ1) is 10.3. The average Bonchev–Trinajstić information content (AvgIpc) is 2.51. The third-order valence-corrected chi connectivity index (χ3v) is 3.11. The zero-order valence-corrected chi connectivity index (χ0v) is 13.4. The van der Waals surface area contributed by atoms with Crippen LogP contribution in [0.1, 0.15) is 18.9 Å². The number of rotatable bonds is 11. The molecule has 118 valence electrons. The van der Waals surface area contributed by atoms with Crippen molar-refractivity contribution in [3.63, 3.8) is 0 Å². The van der Waals surface area contributed by atoms with Crippen molar-refractivity contribution in [1.29, 1.82) is 0 Å². The lowest BCUT2D eigenvalue weighted by molar-refractivity contribution is 0.146. The van der Waals surface area contributed by atoms with Crippen molar-refractivity contribution >= 4 is 5.57 Å². The number of hydrogen-bond acceptors (Lipinski definition) is 4. The van der Waals surface area contributed by atoms with Crippen LogP contribution < -0.4 is 10.1 Å². The average molecular weight is 293 g/mol. The minimum Gasteiger partial charge on any atom is -0.491 e. The van der Waals surface area contributed by atoms with Gasteiger partial charge in [-0.25, -0.2) is 0 Å². The second-order valence-electron chi connectivity index (χ2n) is 4.76. The van der Waals surface area contributed by atoms with Crippen LogP contribution >= 0.6 is 0 Å². The summed E-state index contributed by atoms with van der Waals surface area (Å²) in [5.74, 6) is 0.913. The van der Waals surface area contributed by atoms with Gasteiger partial charge >= 0.3 is 0 Å². The maximum absolute atomic E-state index is 5.76. The maximum Gasteiger partial charge on any atom is 0.126 e. The van der Waals surface area contributed by atoms with Crippen LogP contribution in [-0.2, 0) is 9.47 Å². The van der Waals surface area contributed by atoms with Crippen LogP contribution in [-0.4, -0.2) is 47.1 Å². The lowest BCUT2D eigenvalue weighted by atomic mass is 10.1. The van der Waals surface area contributed by atoms with Gasteiger partial charge in [-0.2, -0.15) is 0 Å². The molecule has 0 atom stereocenters. The third-order valence-electron chi connectivity index (χ3n) is 3.11. The van der Waals surface area contributed by atoms with E-state index in [-0.39, 0.29) is 0 Å². The molecule has 0 aromatic heterocycles. The van der Waals surface area contributed by atoms with Crippen molar-refractivity contribution in [2.24, 2.45) is 0 Å². The summed E-state index contributed by atoms with van der Waals surface area (Å²) in [5.41, 5.74) is 2.38. The third kappa shape index (κ3) is 7.27. The van der Waals surface area contributed by atoms with Crippen molar-refractivity contribution in [3.8, 4) is 5.75 Å². The van der Waals surface area contributed by atoms with E-state index in [0.29, 0.717) is 13.2 Å². The molecule has 0 unspecified atom stereocenters. The quantitative estimate of drug-likeness (QED) is 0.637. The summed E-state index contributed by atoms with van der Waals surface area (Å²) in [4.78, 5) is 0. The Balaban J connectivity index is 2.49. The van der Waals surface area contributed by atoms with Gasteiger partial charge in [-0.15, -0.1) is 0 Å². The molecule has 4 heteroatoms. The van der Waals surface area contributed by atoms with E-state index in [2.05, 4.69) is 24.4 Å². The smallest absolute Gasteiger partial charge is 0.126 e. The minimum absolute atomic E-state index is 0.569. The molecular formula is C17H27NO3. The van der Waals surface area contributed by atoms with Crippen molar-refractivity contribution in [3.05, 3.63) is 35.9 Å². The first-order valence-electron chi connectivity index (χ1n) is 7.37. The van der Waals surface area contributed by atoms with Crippen LogP contribution in [0, 0.1) is 0 Å².